The van der Waals surface area contributed by atoms with E-state index in [1.165, 1.54) is 41.2 Å². The molecule has 0 spiro atoms. The summed E-state index contributed by atoms with van der Waals surface area (Å²) in [6.07, 6.45) is 4.45. The predicted molar refractivity (Wildman–Crippen MR) is 128 cm³/mol. The number of nitrogens with two attached hydrogens (primary N) is 1. The van der Waals surface area contributed by atoms with Crippen molar-refractivity contribution >= 4 is 16.9 Å². The lowest BCUT2D eigenvalue weighted by atomic mass is 10.1. The molecule has 0 aliphatic heterocycles. The van der Waals surface area contributed by atoms with Gasteiger partial charge in [-0.15, -0.1) is 0 Å². The molecule has 2 N–H and O–H groups in total. The second-order valence-corrected chi connectivity index (χ2v) is 8.02. The van der Waals surface area contributed by atoms with Crippen LogP contribution in [0.4, 0.5) is 4.39 Å². The third-order valence-electron chi connectivity index (χ3n) is 5.73. The Morgan fingerprint density at radius 3 is 2.69 bits per heavy atom. The number of pyridine rings is 2. The van der Waals surface area contributed by atoms with E-state index in [0.717, 1.165) is 0 Å². The van der Waals surface area contributed by atoms with E-state index >= 15 is 0 Å². The monoisotopic (exact) mass is 476 g/mol. The number of carbonyl (C=O) groups excluding carboxylic acids is 1. The zero-order valence-corrected chi connectivity index (χ0v) is 19.2. The van der Waals surface area contributed by atoms with Crippen molar-refractivity contribution in [3.05, 3.63) is 105 Å². The summed E-state index contributed by atoms with van der Waals surface area (Å²) in [6, 6.07) is 11.5. The number of nitrogens with zero attached hydrogens (tertiary/aromatic N) is 5. The summed E-state index contributed by atoms with van der Waals surface area (Å²) < 4.78 is 15.9. The molecule has 0 aliphatic carbocycles. The second-order valence-electron chi connectivity index (χ2n) is 8.02. The van der Waals surface area contributed by atoms with Crippen LogP contribution in [0.25, 0.3) is 11.0 Å². The fraction of sp³-hybridized carbons (Fsp3) is 0.240. The van der Waals surface area contributed by atoms with E-state index in [1.807, 2.05) is 6.92 Å². The van der Waals surface area contributed by atoms with Crippen molar-refractivity contribution in [1.29, 1.82) is 0 Å². The van der Waals surface area contributed by atoms with Gasteiger partial charge in [-0.1, -0.05) is 19.1 Å². The third-order valence-corrected chi connectivity index (χ3v) is 5.73. The molecule has 0 radical (unpaired) electrons. The summed E-state index contributed by atoms with van der Waals surface area (Å²) in [4.78, 5) is 37.5. The first kappa shape index (κ1) is 24.0. The molecule has 9 nitrogen and oxygen atoms in total. The molecule has 35 heavy (non-hydrogen) atoms. The van der Waals surface area contributed by atoms with E-state index in [-0.39, 0.29) is 36.7 Å². The van der Waals surface area contributed by atoms with E-state index in [0.29, 0.717) is 33.5 Å². The molecule has 1 atom stereocenters. The maximum Gasteiger partial charge on any atom is 0.263 e. The van der Waals surface area contributed by atoms with Crippen molar-refractivity contribution in [3.8, 4) is 0 Å². The van der Waals surface area contributed by atoms with Gasteiger partial charge in [0.2, 0.25) is 0 Å². The predicted octanol–water partition coefficient (Wildman–Crippen LogP) is 2.16. The normalized spacial score (nSPS) is 12.0. The maximum absolute atomic E-state index is 13.9. The highest BCUT2D eigenvalue weighted by Gasteiger charge is 2.29. The molecule has 3 aromatic heterocycles. The van der Waals surface area contributed by atoms with Crippen LogP contribution in [0, 0.1) is 11.0 Å². The molecule has 4 aromatic rings. The van der Waals surface area contributed by atoms with Gasteiger partial charge >= 0.3 is 0 Å². The van der Waals surface area contributed by atoms with Gasteiger partial charge in [-0.05, 0) is 36.2 Å². The third kappa shape index (κ3) is 5.02. The number of rotatable bonds is 8. The minimum atomic E-state index is -0.627. The van der Waals surface area contributed by atoms with Gasteiger partial charge in [-0.25, -0.2) is 14.4 Å². The van der Waals surface area contributed by atoms with Gasteiger partial charge in [-0.3, -0.25) is 14.2 Å². The first-order valence-corrected chi connectivity index (χ1v) is 11.2. The van der Waals surface area contributed by atoms with Crippen LogP contribution in [-0.2, 0) is 6.54 Å². The lowest BCUT2D eigenvalue weighted by molar-refractivity contribution is -0.605. The zero-order chi connectivity index (χ0) is 24.9. The Hall–Kier alpha value is -4.18. The molecule has 1 amide bonds. The lowest BCUT2D eigenvalue weighted by Crippen LogP contribution is -2.41. The average Bonchev–Trinajstić information content (AvgIpc) is 2.86. The van der Waals surface area contributed by atoms with Crippen LogP contribution in [0.15, 0.2) is 71.9 Å². The van der Waals surface area contributed by atoms with Gasteiger partial charge in [0.1, 0.15) is 11.6 Å². The van der Waals surface area contributed by atoms with Gasteiger partial charge in [0, 0.05) is 31.4 Å². The first-order chi connectivity index (χ1) is 16.9. The Balaban J connectivity index is 1.87. The summed E-state index contributed by atoms with van der Waals surface area (Å²) in [5.74, 6) is -0.445. The fourth-order valence-corrected chi connectivity index (χ4v) is 4.10. The van der Waals surface area contributed by atoms with Crippen LogP contribution in [-0.4, -0.2) is 38.4 Å². The first-order valence-electron chi connectivity index (χ1n) is 11.2. The molecule has 0 fully saturated rings. The number of hydrogen-bond donors (Lipinski definition) is 1. The molecule has 1 aromatic carbocycles. The summed E-state index contributed by atoms with van der Waals surface area (Å²) in [7, 11) is 0. The fourth-order valence-electron chi connectivity index (χ4n) is 4.10. The highest BCUT2D eigenvalue weighted by molar-refractivity contribution is 5.94. The Bertz CT molecular complexity index is 1410. The van der Waals surface area contributed by atoms with Gasteiger partial charge in [0.15, 0.2) is 18.0 Å². The Morgan fingerprint density at radius 2 is 2.00 bits per heavy atom. The van der Waals surface area contributed by atoms with Crippen LogP contribution in [0.1, 0.15) is 41.1 Å². The highest BCUT2D eigenvalue weighted by atomic mass is 19.1. The number of carbonyl (C=O) groups is 1. The number of aromatic nitrogens is 4. The minimum Gasteiger partial charge on any atom is -0.619 e. The van der Waals surface area contributed by atoms with Crippen molar-refractivity contribution < 1.29 is 13.9 Å². The SMILES string of the molecule is CCC(c1nc2ncccc2c(=O)n1Cc1cccc(F)c1)N(CCN)C(=O)c1cc[n+]([O-])cc1. The van der Waals surface area contributed by atoms with Gasteiger partial charge in [0.25, 0.3) is 11.5 Å². The van der Waals surface area contributed by atoms with Crippen LogP contribution in [0.3, 0.4) is 0 Å². The van der Waals surface area contributed by atoms with E-state index in [4.69, 9.17) is 5.73 Å². The van der Waals surface area contributed by atoms with E-state index < -0.39 is 11.9 Å². The minimum absolute atomic E-state index is 0.0619. The Labute approximate surface area is 200 Å². The largest absolute Gasteiger partial charge is 0.619 e. The van der Waals surface area contributed by atoms with Crippen LogP contribution < -0.4 is 16.0 Å². The van der Waals surface area contributed by atoms with Gasteiger partial charge in [-0.2, -0.15) is 4.73 Å². The van der Waals surface area contributed by atoms with Crippen molar-refractivity contribution in [3.63, 3.8) is 0 Å². The zero-order valence-electron chi connectivity index (χ0n) is 19.2. The quantitative estimate of drug-likeness (QED) is 0.307. The average molecular weight is 477 g/mol. The molecule has 0 saturated carbocycles. The van der Waals surface area contributed by atoms with Gasteiger partial charge < -0.3 is 15.8 Å². The molecular weight excluding hydrogens is 451 g/mol. The number of amides is 1. The van der Waals surface area contributed by atoms with Crippen LogP contribution >= 0.6 is 0 Å². The highest BCUT2D eigenvalue weighted by Crippen LogP contribution is 2.25. The molecule has 4 rings (SSSR count). The van der Waals surface area contributed by atoms with Gasteiger partial charge in [0.05, 0.1) is 23.5 Å². The van der Waals surface area contributed by atoms with E-state index in [1.54, 1.807) is 35.4 Å². The summed E-state index contributed by atoms with van der Waals surface area (Å²) in [5, 5.41) is 11.8. The van der Waals surface area contributed by atoms with E-state index in [9.17, 15) is 19.2 Å². The van der Waals surface area contributed by atoms with Crippen LogP contribution in [0.5, 0.6) is 0 Å². The standard InChI is InChI=1S/C25H25FN6O3/c1-2-21(31(14-10-27)24(33)18-8-12-30(35)13-9-18)23-29-22-20(7-4-11-28-22)25(34)32(23)16-17-5-3-6-19(26)15-17/h3-9,11-13,15,21H,2,10,14,16,27H2,1H3. The number of fused-ring (bicyclic) bond motifs is 1. The number of halogens is 1. The second kappa shape index (κ2) is 10.4. The Kier molecular flexibility index (Phi) is 7.11. The summed E-state index contributed by atoms with van der Waals surface area (Å²) >= 11 is 0. The van der Waals surface area contributed by atoms with E-state index in [2.05, 4.69) is 9.97 Å². The van der Waals surface area contributed by atoms with Crippen LogP contribution in [0.2, 0.25) is 0 Å². The van der Waals surface area contributed by atoms with Crippen molar-refractivity contribution in [1.82, 2.24) is 19.4 Å². The Morgan fingerprint density at radius 1 is 1.23 bits per heavy atom. The lowest BCUT2D eigenvalue weighted by Gasteiger charge is -2.32. The number of hydrogen-bond acceptors (Lipinski definition) is 6. The maximum atomic E-state index is 13.9. The molecule has 0 bridgehead atoms. The topological polar surface area (TPSA) is 121 Å². The number of benzene rings is 1. The van der Waals surface area contributed by atoms with Crippen molar-refractivity contribution in [2.45, 2.75) is 25.9 Å². The molecule has 1 unspecified atom stereocenters. The molecular formula is C25H25FN6O3. The summed E-state index contributed by atoms with van der Waals surface area (Å²) in [6.45, 7) is 2.31. The molecule has 180 valence electrons. The van der Waals surface area contributed by atoms with Crippen molar-refractivity contribution in [2.75, 3.05) is 13.1 Å². The molecule has 0 saturated heterocycles. The summed E-state index contributed by atoms with van der Waals surface area (Å²) in [5.41, 5.74) is 6.65. The molecule has 10 heteroatoms. The van der Waals surface area contributed by atoms with Crippen molar-refractivity contribution in [2.24, 2.45) is 5.73 Å². The molecule has 0 aliphatic rings. The smallest absolute Gasteiger partial charge is 0.263 e. The molecule has 3 heterocycles.